The highest BCUT2D eigenvalue weighted by atomic mass is 16.2. The molecule has 5 heteroatoms. The molecule has 1 N–H and O–H groups in total. The molecule has 2 aromatic carbocycles. The van der Waals surface area contributed by atoms with Gasteiger partial charge in [-0.1, -0.05) is 65.0 Å². The number of benzene rings is 2. The summed E-state index contributed by atoms with van der Waals surface area (Å²) in [6.07, 6.45) is 0.955. The van der Waals surface area contributed by atoms with E-state index < -0.39 is 0 Å². The van der Waals surface area contributed by atoms with Crippen LogP contribution in [0.15, 0.2) is 48.5 Å². The second-order valence-electron chi connectivity index (χ2n) is 10.4. The van der Waals surface area contributed by atoms with Crippen molar-refractivity contribution in [1.29, 1.82) is 0 Å². The molecule has 0 unspecified atom stereocenters. The van der Waals surface area contributed by atoms with Crippen molar-refractivity contribution < 1.29 is 9.59 Å². The fraction of sp³-hybridized carbons (Fsp3) is 0.481. The van der Waals surface area contributed by atoms with Gasteiger partial charge in [0.15, 0.2) is 0 Å². The quantitative estimate of drug-likeness (QED) is 0.547. The van der Waals surface area contributed by atoms with Gasteiger partial charge in [0.25, 0.3) is 0 Å². The average Bonchev–Trinajstić information content (AvgIpc) is 2.66. The number of nitrogens with zero attached hydrogens (tertiary/aromatic N) is 2. The van der Waals surface area contributed by atoms with Crippen LogP contribution in [0.5, 0.6) is 0 Å². The molecule has 0 fully saturated rings. The number of carbonyl (C=O) groups excluding carboxylic acids is 2. The molecule has 0 aliphatic rings. The van der Waals surface area contributed by atoms with Crippen molar-refractivity contribution in [2.24, 2.45) is 11.3 Å². The second-order valence-corrected chi connectivity index (χ2v) is 10.4. The molecule has 0 aromatic heterocycles. The predicted molar refractivity (Wildman–Crippen MR) is 134 cm³/mol. The maximum absolute atomic E-state index is 13.3. The zero-order chi connectivity index (χ0) is 23.9. The van der Waals surface area contributed by atoms with Gasteiger partial charge in [-0.2, -0.15) is 0 Å². The zero-order valence-corrected chi connectivity index (χ0v) is 20.7. The van der Waals surface area contributed by atoms with Crippen LogP contribution in [-0.2, 0) is 22.7 Å². The summed E-state index contributed by atoms with van der Waals surface area (Å²) in [5.41, 5.74) is 3.81. The van der Waals surface area contributed by atoms with Gasteiger partial charge in [0, 0.05) is 51.4 Å². The van der Waals surface area contributed by atoms with E-state index in [2.05, 4.69) is 26.1 Å². The molecule has 2 rings (SSSR count). The Morgan fingerprint density at radius 3 is 2.19 bits per heavy atom. The molecule has 2 amide bonds. The molecule has 0 saturated carbocycles. The number of hydrogen-bond acceptors (Lipinski definition) is 3. The Balaban J connectivity index is 2.35. The fourth-order valence-electron chi connectivity index (χ4n) is 3.62. The zero-order valence-electron chi connectivity index (χ0n) is 20.7. The first kappa shape index (κ1) is 25.4. The van der Waals surface area contributed by atoms with Gasteiger partial charge < -0.3 is 15.1 Å². The minimum atomic E-state index is -0.0942. The molecule has 0 bridgehead atoms. The molecule has 0 aliphatic carbocycles. The average molecular weight is 438 g/mol. The van der Waals surface area contributed by atoms with Crippen LogP contribution in [0.4, 0.5) is 11.4 Å². The first-order chi connectivity index (χ1) is 14.9. The molecule has 0 saturated heterocycles. The van der Waals surface area contributed by atoms with Crippen LogP contribution >= 0.6 is 0 Å². The lowest BCUT2D eigenvalue weighted by molar-refractivity contribution is -0.134. The maximum Gasteiger partial charge on any atom is 0.224 e. The van der Waals surface area contributed by atoms with E-state index in [1.54, 1.807) is 0 Å². The summed E-state index contributed by atoms with van der Waals surface area (Å²) in [5, 5.41) is 3.01. The summed E-state index contributed by atoms with van der Waals surface area (Å²) in [6, 6.07) is 16.0. The van der Waals surface area contributed by atoms with Crippen LogP contribution in [0.2, 0.25) is 0 Å². The lowest BCUT2D eigenvalue weighted by Gasteiger charge is -2.29. The minimum Gasteiger partial charge on any atom is -0.377 e. The van der Waals surface area contributed by atoms with Crippen LogP contribution in [0.25, 0.3) is 0 Å². The van der Waals surface area contributed by atoms with E-state index in [4.69, 9.17) is 0 Å². The molecule has 0 heterocycles. The van der Waals surface area contributed by atoms with E-state index in [-0.39, 0.29) is 17.2 Å². The van der Waals surface area contributed by atoms with Crippen LogP contribution in [0.3, 0.4) is 0 Å². The molecule has 2 aromatic rings. The number of carbonyl (C=O) groups is 2. The Morgan fingerprint density at radius 1 is 0.969 bits per heavy atom. The van der Waals surface area contributed by atoms with Crippen molar-refractivity contribution in [2.45, 2.75) is 60.5 Å². The summed E-state index contributed by atoms with van der Waals surface area (Å²) in [6.45, 7) is 11.3. The van der Waals surface area contributed by atoms with Crippen molar-refractivity contribution >= 4 is 23.2 Å². The number of rotatable bonds is 9. The predicted octanol–water partition coefficient (Wildman–Crippen LogP) is 5.70. The van der Waals surface area contributed by atoms with E-state index in [9.17, 15) is 9.59 Å². The maximum atomic E-state index is 13.3. The highest BCUT2D eigenvalue weighted by Gasteiger charge is 2.23. The molecular weight excluding hydrogens is 398 g/mol. The minimum absolute atomic E-state index is 0.00787. The third-order valence-electron chi connectivity index (χ3n) is 5.05. The van der Waals surface area contributed by atoms with Crippen molar-refractivity contribution in [3.8, 4) is 0 Å². The van der Waals surface area contributed by atoms with E-state index in [1.165, 1.54) is 0 Å². The smallest absolute Gasteiger partial charge is 0.224 e. The standard InChI is InChI=1S/C27H39N3O2/c1-20(2)15-25(31)28-23-13-14-24(29(6)7)22(16-23)19-30(26(32)17-27(3,4)5)18-21-11-9-8-10-12-21/h8-14,16,20H,15,17-19H2,1-7H3,(H,28,31). The van der Waals surface area contributed by atoms with Crippen LogP contribution in [0.1, 0.15) is 58.6 Å². The molecule has 5 nitrogen and oxygen atoms in total. The topological polar surface area (TPSA) is 52.7 Å². The summed E-state index contributed by atoms with van der Waals surface area (Å²) in [7, 11) is 3.99. The number of amides is 2. The van der Waals surface area contributed by atoms with Gasteiger partial charge in [-0.05, 0) is 40.7 Å². The van der Waals surface area contributed by atoms with Crippen LogP contribution in [-0.4, -0.2) is 30.8 Å². The monoisotopic (exact) mass is 437 g/mol. The Labute approximate surface area is 193 Å². The summed E-state index contributed by atoms with van der Waals surface area (Å²) < 4.78 is 0. The molecule has 32 heavy (non-hydrogen) atoms. The normalized spacial score (nSPS) is 11.4. The first-order valence-corrected chi connectivity index (χ1v) is 11.4. The summed E-state index contributed by atoms with van der Waals surface area (Å²) >= 11 is 0. The molecule has 0 radical (unpaired) electrons. The molecule has 0 spiro atoms. The number of hydrogen-bond donors (Lipinski definition) is 1. The molecule has 0 atom stereocenters. The highest BCUT2D eigenvalue weighted by molar-refractivity contribution is 5.91. The van der Waals surface area contributed by atoms with E-state index in [0.717, 1.165) is 22.5 Å². The van der Waals surface area contributed by atoms with Gasteiger partial charge >= 0.3 is 0 Å². The first-order valence-electron chi connectivity index (χ1n) is 11.4. The molecule has 0 aliphatic heterocycles. The SMILES string of the molecule is CC(C)CC(=O)Nc1ccc(N(C)C)c(CN(Cc2ccccc2)C(=O)CC(C)(C)C)c1. The number of nitrogens with one attached hydrogen (secondary N) is 1. The largest absolute Gasteiger partial charge is 0.377 e. The van der Waals surface area contributed by atoms with Crippen molar-refractivity contribution in [1.82, 2.24) is 4.90 Å². The Hall–Kier alpha value is -2.82. The van der Waals surface area contributed by atoms with Gasteiger partial charge in [-0.25, -0.2) is 0 Å². The summed E-state index contributed by atoms with van der Waals surface area (Å²) in [5.74, 6) is 0.431. The Kier molecular flexibility index (Phi) is 8.88. The van der Waals surface area contributed by atoms with E-state index in [1.807, 2.05) is 86.3 Å². The fourth-order valence-corrected chi connectivity index (χ4v) is 3.62. The molecule has 174 valence electrons. The van der Waals surface area contributed by atoms with Crippen LogP contribution in [0, 0.1) is 11.3 Å². The van der Waals surface area contributed by atoms with Gasteiger partial charge in [0.05, 0.1) is 0 Å². The van der Waals surface area contributed by atoms with Gasteiger partial charge in [-0.15, -0.1) is 0 Å². The highest BCUT2D eigenvalue weighted by Crippen LogP contribution is 2.27. The Bertz CT molecular complexity index is 899. The van der Waals surface area contributed by atoms with Crippen molar-refractivity contribution in [3.05, 3.63) is 59.7 Å². The molecular formula is C27H39N3O2. The second kappa shape index (κ2) is 11.2. The third kappa shape index (κ3) is 8.37. The van der Waals surface area contributed by atoms with Crippen molar-refractivity contribution in [2.75, 3.05) is 24.3 Å². The van der Waals surface area contributed by atoms with Gasteiger partial charge in [0.1, 0.15) is 0 Å². The van der Waals surface area contributed by atoms with Crippen LogP contribution < -0.4 is 10.2 Å². The van der Waals surface area contributed by atoms with E-state index in [0.29, 0.717) is 31.8 Å². The third-order valence-corrected chi connectivity index (χ3v) is 5.05. The van der Waals surface area contributed by atoms with Gasteiger partial charge in [-0.3, -0.25) is 9.59 Å². The lowest BCUT2D eigenvalue weighted by atomic mass is 9.91. The van der Waals surface area contributed by atoms with E-state index >= 15 is 0 Å². The van der Waals surface area contributed by atoms with Gasteiger partial charge in [0.2, 0.25) is 11.8 Å². The van der Waals surface area contributed by atoms with Crippen molar-refractivity contribution in [3.63, 3.8) is 0 Å². The Morgan fingerprint density at radius 2 is 1.62 bits per heavy atom. The summed E-state index contributed by atoms with van der Waals surface area (Å²) in [4.78, 5) is 29.5. The lowest BCUT2D eigenvalue weighted by Crippen LogP contribution is -2.33. The number of anilines is 2.